The van der Waals surface area contributed by atoms with Crippen LogP contribution in [-0.4, -0.2) is 72.9 Å². The number of piperidine rings is 1. The molecule has 41 heavy (non-hydrogen) atoms. The van der Waals surface area contributed by atoms with Crippen molar-refractivity contribution in [3.63, 3.8) is 0 Å². The maximum Gasteiger partial charge on any atom is 0.229 e. The number of carbonyl (C=O) groups excluding carboxylic acids is 2. The minimum Gasteiger partial charge on any atom is -0.497 e. The van der Waals surface area contributed by atoms with Crippen LogP contribution in [0.5, 0.6) is 5.75 Å². The molecule has 3 aliphatic heterocycles. The van der Waals surface area contributed by atoms with E-state index in [1.54, 1.807) is 7.11 Å². The van der Waals surface area contributed by atoms with E-state index in [4.69, 9.17) is 4.74 Å². The summed E-state index contributed by atoms with van der Waals surface area (Å²) in [4.78, 5) is 33.9. The Hall–Kier alpha value is -2.57. The number of ether oxygens (including phenoxy) is 1. The van der Waals surface area contributed by atoms with Gasteiger partial charge >= 0.3 is 0 Å². The van der Waals surface area contributed by atoms with Crippen molar-refractivity contribution in [2.45, 2.75) is 63.8 Å². The van der Waals surface area contributed by atoms with Gasteiger partial charge in [-0.2, -0.15) is 0 Å². The first-order valence-electron chi connectivity index (χ1n) is 15.5. The summed E-state index contributed by atoms with van der Waals surface area (Å²) in [7, 11) is 1.68. The largest absolute Gasteiger partial charge is 0.497 e. The van der Waals surface area contributed by atoms with Crippen molar-refractivity contribution < 1.29 is 14.3 Å². The highest BCUT2D eigenvalue weighted by Crippen LogP contribution is 2.43. The van der Waals surface area contributed by atoms with Crippen molar-refractivity contribution in [2.75, 3.05) is 46.4 Å². The molecule has 2 aromatic rings. The number of carbonyl (C=O) groups is 2. The van der Waals surface area contributed by atoms with Crippen LogP contribution in [0.25, 0.3) is 0 Å². The van der Waals surface area contributed by atoms with Gasteiger partial charge in [-0.1, -0.05) is 61.7 Å². The molecule has 7 heteroatoms. The zero-order valence-corrected chi connectivity index (χ0v) is 25.3. The molecule has 2 amide bonds. The molecule has 4 fully saturated rings. The van der Waals surface area contributed by atoms with Gasteiger partial charge in [0, 0.05) is 44.6 Å². The van der Waals surface area contributed by atoms with Crippen LogP contribution < -0.4 is 4.74 Å². The lowest BCUT2D eigenvalue weighted by Crippen LogP contribution is -2.46. The summed E-state index contributed by atoms with van der Waals surface area (Å²) < 4.78 is 5.28. The fourth-order valence-corrected chi connectivity index (χ4v) is 7.88. The first-order valence-corrected chi connectivity index (χ1v) is 15.5. The number of benzene rings is 2. The molecule has 0 radical (unpaired) electrons. The Bertz CT molecular complexity index is 1160. The highest BCUT2D eigenvalue weighted by atomic mass is 35.5. The summed E-state index contributed by atoms with van der Waals surface area (Å²) in [6, 6.07) is 18.9. The minimum atomic E-state index is -0.194. The topological polar surface area (TPSA) is 53.1 Å². The fraction of sp³-hybridized carbons (Fsp3) is 0.588. The van der Waals surface area contributed by atoms with E-state index in [9.17, 15) is 9.59 Å². The first kappa shape index (κ1) is 29.9. The second kappa shape index (κ2) is 13.2. The molecule has 0 bridgehead atoms. The van der Waals surface area contributed by atoms with Gasteiger partial charge in [0.15, 0.2) is 0 Å². The number of rotatable bonds is 7. The molecule has 3 saturated heterocycles. The smallest absolute Gasteiger partial charge is 0.229 e. The van der Waals surface area contributed by atoms with Crippen LogP contribution in [0.1, 0.15) is 68.4 Å². The van der Waals surface area contributed by atoms with Crippen molar-refractivity contribution in [3.05, 3.63) is 65.7 Å². The third-order valence-corrected chi connectivity index (χ3v) is 10.4. The Morgan fingerprint density at radius 1 is 0.902 bits per heavy atom. The Morgan fingerprint density at radius 3 is 2.27 bits per heavy atom. The molecule has 0 N–H and O–H groups in total. The van der Waals surface area contributed by atoms with Crippen LogP contribution in [0.15, 0.2) is 54.6 Å². The molecule has 6 rings (SSSR count). The van der Waals surface area contributed by atoms with Gasteiger partial charge < -0.3 is 19.4 Å². The van der Waals surface area contributed by atoms with Gasteiger partial charge in [-0.25, -0.2) is 0 Å². The second-order valence-corrected chi connectivity index (χ2v) is 12.8. The zero-order chi connectivity index (χ0) is 27.5. The minimum absolute atomic E-state index is 0. The van der Waals surface area contributed by atoms with Crippen LogP contribution in [0.3, 0.4) is 0 Å². The van der Waals surface area contributed by atoms with Gasteiger partial charge in [-0.3, -0.25) is 9.59 Å². The number of hydrogen-bond acceptors (Lipinski definition) is 4. The Kier molecular flexibility index (Phi) is 9.60. The van der Waals surface area contributed by atoms with E-state index < -0.39 is 0 Å². The molecular weight excluding hydrogens is 534 g/mol. The van der Waals surface area contributed by atoms with Crippen molar-refractivity contribution in [2.24, 2.45) is 17.3 Å². The normalized spacial score (nSPS) is 25.0. The number of halogens is 1. The number of methoxy groups -OCH3 is 1. The Morgan fingerprint density at radius 2 is 1.59 bits per heavy atom. The van der Waals surface area contributed by atoms with Gasteiger partial charge in [-0.05, 0) is 74.4 Å². The van der Waals surface area contributed by atoms with Crippen LogP contribution in [0.2, 0.25) is 0 Å². The van der Waals surface area contributed by atoms with E-state index in [0.717, 1.165) is 82.7 Å². The SMILES string of the molecule is COc1ccc(CN2CCC3(CCN(CC4CN(C(=O)C5CCCCC5)CC4c4ccccc4)CC3)C2=O)cc1.Cl. The molecule has 1 spiro atoms. The number of hydrogen-bond donors (Lipinski definition) is 0. The van der Waals surface area contributed by atoms with E-state index in [-0.39, 0.29) is 23.7 Å². The van der Waals surface area contributed by atoms with E-state index in [0.29, 0.717) is 30.2 Å². The van der Waals surface area contributed by atoms with Gasteiger partial charge in [-0.15, -0.1) is 12.4 Å². The van der Waals surface area contributed by atoms with Crippen LogP contribution in [0.4, 0.5) is 0 Å². The monoisotopic (exact) mass is 579 g/mol. The highest BCUT2D eigenvalue weighted by molar-refractivity contribution is 5.85. The van der Waals surface area contributed by atoms with Crippen LogP contribution in [-0.2, 0) is 16.1 Å². The molecule has 2 unspecified atom stereocenters. The van der Waals surface area contributed by atoms with Crippen LogP contribution >= 0.6 is 12.4 Å². The molecule has 1 saturated carbocycles. The molecule has 6 nitrogen and oxygen atoms in total. The summed E-state index contributed by atoms with van der Waals surface area (Å²) in [6.07, 6.45) is 8.65. The molecule has 4 aliphatic rings. The number of amides is 2. The molecule has 2 atom stereocenters. The van der Waals surface area contributed by atoms with Crippen molar-refractivity contribution in [3.8, 4) is 5.75 Å². The van der Waals surface area contributed by atoms with Gasteiger partial charge in [0.1, 0.15) is 5.75 Å². The fourth-order valence-electron chi connectivity index (χ4n) is 7.88. The Labute approximate surface area is 251 Å². The number of likely N-dealkylation sites (tertiary alicyclic amines) is 3. The molecule has 1 aliphatic carbocycles. The van der Waals surface area contributed by atoms with Crippen LogP contribution in [0, 0.1) is 17.3 Å². The predicted octanol–water partition coefficient (Wildman–Crippen LogP) is 5.75. The van der Waals surface area contributed by atoms with E-state index in [2.05, 4.69) is 57.2 Å². The van der Waals surface area contributed by atoms with E-state index in [1.807, 2.05) is 12.1 Å². The number of nitrogens with zero attached hydrogens (tertiary/aromatic N) is 3. The summed E-state index contributed by atoms with van der Waals surface area (Å²) in [6.45, 7) is 6.19. The predicted molar refractivity (Wildman–Crippen MR) is 164 cm³/mol. The van der Waals surface area contributed by atoms with E-state index in [1.165, 1.54) is 24.8 Å². The molecule has 0 aromatic heterocycles. The zero-order valence-electron chi connectivity index (χ0n) is 24.5. The lowest BCUT2D eigenvalue weighted by Gasteiger charge is -2.39. The van der Waals surface area contributed by atoms with Crippen molar-refractivity contribution in [1.29, 1.82) is 0 Å². The van der Waals surface area contributed by atoms with Gasteiger partial charge in [0.25, 0.3) is 0 Å². The van der Waals surface area contributed by atoms with Gasteiger partial charge in [0.05, 0.1) is 12.5 Å². The standard InChI is InChI=1S/C34H45N3O3.ClH/c1-40-30-14-12-26(13-15-30)22-36-21-18-34(33(36)39)16-19-35(20-17-34)23-29-24-37(32(38)28-10-6-3-7-11-28)25-31(29)27-8-4-2-5-9-27;/h2,4-5,8-9,12-15,28-29,31H,3,6-7,10-11,16-25H2,1H3;1H. The first-order chi connectivity index (χ1) is 19.5. The van der Waals surface area contributed by atoms with Gasteiger partial charge in [0.2, 0.25) is 11.8 Å². The third-order valence-electron chi connectivity index (χ3n) is 10.4. The summed E-state index contributed by atoms with van der Waals surface area (Å²) in [5.41, 5.74) is 2.32. The van der Waals surface area contributed by atoms with Crippen molar-refractivity contribution >= 4 is 24.2 Å². The average Bonchev–Trinajstić information content (AvgIpc) is 3.56. The maximum absolute atomic E-state index is 13.6. The molecular formula is C34H46ClN3O3. The third kappa shape index (κ3) is 6.44. The maximum atomic E-state index is 13.6. The Balaban J connectivity index is 0.00000337. The molecule has 2 aromatic carbocycles. The highest BCUT2D eigenvalue weighted by Gasteiger charge is 2.48. The second-order valence-electron chi connectivity index (χ2n) is 12.8. The summed E-state index contributed by atoms with van der Waals surface area (Å²) in [5.74, 6) is 2.64. The average molecular weight is 580 g/mol. The summed E-state index contributed by atoms with van der Waals surface area (Å²) >= 11 is 0. The quantitative estimate of drug-likeness (QED) is 0.419. The molecule has 3 heterocycles. The van der Waals surface area contributed by atoms with Crippen molar-refractivity contribution in [1.82, 2.24) is 14.7 Å². The lowest BCUT2D eigenvalue weighted by molar-refractivity contribution is -0.139. The molecule has 222 valence electrons. The summed E-state index contributed by atoms with van der Waals surface area (Å²) in [5, 5.41) is 0. The van der Waals surface area contributed by atoms with E-state index >= 15 is 0 Å². The lowest BCUT2D eigenvalue weighted by atomic mass is 9.76.